The minimum atomic E-state index is -3.90. The standard InChI is InChI=1S/C22H18N6O3S/c1-15-13-16(2)28(26-15)21-11-12-22(25-24-21)31-19-9-7-18(8-10-19)27-32(29,30)20-6-4-3-5-17(20)14-23/h3-13,27H,1-2H3. The lowest BCUT2D eigenvalue weighted by Crippen LogP contribution is -2.14. The van der Waals surface area contributed by atoms with Crippen LogP contribution in [0.5, 0.6) is 11.6 Å². The highest BCUT2D eigenvalue weighted by atomic mass is 32.2. The van der Waals surface area contributed by atoms with Gasteiger partial charge in [0.2, 0.25) is 5.88 Å². The van der Waals surface area contributed by atoms with Gasteiger partial charge in [0.25, 0.3) is 10.0 Å². The zero-order chi connectivity index (χ0) is 22.7. The van der Waals surface area contributed by atoms with E-state index in [4.69, 9.17) is 10.00 Å². The van der Waals surface area contributed by atoms with E-state index in [0.29, 0.717) is 17.3 Å². The third-order valence-electron chi connectivity index (χ3n) is 4.48. The van der Waals surface area contributed by atoms with Gasteiger partial charge in [0.15, 0.2) is 5.82 Å². The molecule has 2 aromatic heterocycles. The molecule has 0 spiro atoms. The third kappa shape index (κ3) is 4.43. The number of anilines is 1. The van der Waals surface area contributed by atoms with Gasteiger partial charge in [-0.2, -0.15) is 10.4 Å². The average Bonchev–Trinajstić information content (AvgIpc) is 3.13. The third-order valence-corrected chi connectivity index (χ3v) is 5.92. The van der Waals surface area contributed by atoms with Crippen LogP contribution in [0.4, 0.5) is 5.69 Å². The highest BCUT2D eigenvalue weighted by Crippen LogP contribution is 2.24. The fourth-order valence-corrected chi connectivity index (χ4v) is 4.27. The Hall–Kier alpha value is -4.23. The minimum absolute atomic E-state index is 0.0717. The Labute approximate surface area is 185 Å². The van der Waals surface area contributed by atoms with Gasteiger partial charge in [0, 0.05) is 17.4 Å². The number of aromatic nitrogens is 4. The number of aryl methyl sites for hydroxylation is 2. The summed E-state index contributed by atoms with van der Waals surface area (Å²) in [5.74, 6) is 1.32. The Morgan fingerprint density at radius 3 is 2.38 bits per heavy atom. The molecule has 0 unspecified atom stereocenters. The Bertz CT molecular complexity index is 1410. The molecule has 1 N–H and O–H groups in total. The summed E-state index contributed by atoms with van der Waals surface area (Å²) in [7, 11) is -3.90. The smallest absolute Gasteiger partial charge is 0.263 e. The van der Waals surface area contributed by atoms with Crippen molar-refractivity contribution < 1.29 is 13.2 Å². The van der Waals surface area contributed by atoms with Crippen LogP contribution in [0.25, 0.3) is 5.82 Å². The highest BCUT2D eigenvalue weighted by molar-refractivity contribution is 7.92. The van der Waals surface area contributed by atoms with Crippen LogP contribution in [-0.2, 0) is 10.0 Å². The molecular weight excluding hydrogens is 428 g/mol. The van der Waals surface area contributed by atoms with E-state index in [1.807, 2.05) is 26.0 Å². The number of hydrogen-bond acceptors (Lipinski definition) is 7. The number of nitriles is 1. The van der Waals surface area contributed by atoms with E-state index < -0.39 is 10.0 Å². The van der Waals surface area contributed by atoms with Crippen LogP contribution in [0.2, 0.25) is 0 Å². The number of rotatable bonds is 6. The normalized spacial score (nSPS) is 11.0. The summed E-state index contributed by atoms with van der Waals surface area (Å²) in [4.78, 5) is -0.0826. The number of benzene rings is 2. The van der Waals surface area contributed by atoms with Gasteiger partial charge in [-0.3, -0.25) is 4.72 Å². The van der Waals surface area contributed by atoms with Crippen LogP contribution in [-0.4, -0.2) is 28.4 Å². The number of nitrogens with one attached hydrogen (secondary N) is 1. The van der Waals surface area contributed by atoms with Crippen molar-refractivity contribution in [3.63, 3.8) is 0 Å². The second kappa shape index (κ2) is 8.49. The van der Waals surface area contributed by atoms with Gasteiger partial charge in [-0.15, -0.1) is 10.2 Å². The molecule has 0 saturated heterocycles. The van der Waals surface area contributed by atoms with Gasteiger partial charge in [-0.05, 0) is 62.4 Å². The zero-order valence-electron chi connectivity index (χ0n) is 17.2. The average molecular weight is 446 g/mol. The topological polar surface area (TPSA) is 123 Å². The molecule has 32 heavy (non-hydrogen) atoms. The molecule has 2 heterocycles. The molecule has 0 radical (unpaired) electrons. The molecule has 10 heteroatoms. The predicted molar refractivity (Wildman–Crippen MR) is 117 cm³/mol. The second-order valence-corrected chi connectivity index (χ2v) is 8.56. The molecule has 0 bridgehead atoms. The van der Waals surface area contributed by atoms with Gasteiger partial charge < -0.3 is 4.74 Å². The molecule has 4 aromatic rings. The molecule has 0 fully saturated rings. The molecular formula is C22H18N6O3S. The van der Waals surface area contributed by atoms with E-state index in [-0.39, 0.29) is 16.3 Å². The van der Waals surface area contributed by atoms with Crippen LogP contribution < -0.4 is 9.46 Å². The van der Waals surface area contributed by atoms with Crippen LogP contribution in [0, 0.1) is 25.2 Å². The summed E-state index contributed by atoms with van der Waals surface area (Å²) in [6.45, 7) is 3.83. The first kappa shape index (κ1) is 21.0. The molecule has 9 nitrogen and oxygen atoms in total. The van der Waals surface area contributed by atoms with E-state index >= 15 is 0 Å². The lowest BCUT2D eigenvalue weighted by Gasteiger charge is -2.10. The van der Waals surface area contributed by atoms with E-state index in [0.717, 1.165) is 11.4 Å². The van der Waals surface area contributed by atoms with E-state index in [1.54, 1.807) is 53.2 Å². The molecule has 0 aliphatic rings. The van der Waals surface area contributed by atoms with Crippen LogP contribution >= 0.6 is 0 Å². The van der Waals surface area contributed by atoms with Crippen LogP contribution in [0.3, 0.4) is 0 Å². The maximum Gasteiger partial charge on any atom is 0.263 e. The van der Waals surface area contributed by atoms with Gasteiger partial charge in [0.1, 0.15) is 16.7 Å². The molecule has 160 valence electrons. The first-order chi connectivity index (χ1) is 15.4. The highest BCUT2D eigenvalue weighted by Gasteiger charge is 2.18. The lowest BCUT2D eigenvalue weighted by atomic mass is 10.2. The van der Waals surface area contributed by atoms with E-state index in [9.17, 15) is 8.42 Å². The molecule has 0 atom stereocenters. The van der Waals surface area contributed by atoms with Crippen molar-refractivity contribution in [2.75, 3.05) is 4.72 Å². The van der Waals surface area contributed by atoms with Gasteiger partial charge in [-0.25, -0.2) is 13.1 Å². The first-order valence-electron chi connectivity index (χ1n) is 9.53. The molecule has 2 aromatic carbocycles. The van der Waals surface area contributed by atoms with Crippen LogP contribution in [0.1, 0.15) is 17.0 Å². The summed E-state index contributed by atoms with van der Waals surface area (Å²) < 4.78 is 35.1. The van der Waals surface area contributed by atoms with Crippen LogP contribution in [0.15, 0.2) is 71.6 Å². The van der Waals surface area contributed by atoms with E-state index in [1.165, 1.54) is 12.1 Å². The molecule has 0 aliphatic heterocycles. The van der Waals surface area contributed by atoms with Crippen molar-refractivity contribution in [1.82, 2.24) is 20.0 Å². The van der Waals surface area contributed by atoms with Gasteiger partial charge >= 0.3 is 0 Å². The van der Waals surface area contributed by atoms with E-state index in [2.05, 4.69) is 20.0 Å². The Morgan fingerprint density at radius 1 is 1.00 bits per heavy atom. The van der Waals surface area contributed by atoms with Crippen molar-refractivity contribution in [3.05, 3.63) is 83.7 Å². The largest absolute Gasteiger partial charge is 0.438 e. The molecule has 0 amide bonds. The Morgan fingerprint density at radius 2 is 1.75 bits per heavy atom. The molecule has 0 saturated carbocycles. The maximum absolute atomic E-state index is 12.6. The quantitative estimate of drug-likeness (QED) is 0.478. The summed E-state index contributed by atoms with van der Waals surface area (Å²) in [6, 6.07) is 19.6. The fourth-order valence-electron chi connectivity index (χ4n) is 3.06. The Balaban J connectivity index is 1.46. The van der Waals surface area contributed by atoms with Crippen molar-refractivity contribution in [1.29, 1.82) is 5.26 Å². The molecule has 4 rings (SSSR count). The number of sulfonamides is 1. The zero-order valence-corrected chi connectivity index (χ0v) is 18.0. The second-order valence-electron chi connectivity index (χ2n) is 6.91. The predicted octanol–water partition coefficient (Wildman–Crippen LogP) is 3.74. The van der Waals surface area contributed by atoms with Crippen molar-refractivity contribution >= 4 is 15.7 Å². The monoisotopic (exact) mass is 446 g/mol. The number of nitrogens with zero attached hydrogens (tertiary/aromatic N) is 5. The fraction of sp³-hybridized carbons (Fsp3) is 0.0909. The summed E-state index contributed by atoms with van der Waals surface area (Å²) in [6.07, 6.45) is 0. The Kier molecular flexibility index (Phi) is 5.57. The van der Waals surface area contributed by atoms with Crippen molar-refractivity contribution in [2.45, 2.75) is 18.7 Å². The number of hydrogen-bond donors (Lipinski definition) is 1. The lowest BCUT2D eigenvalue weighted by molar-refractivity contribution is 0.454. The minimum Gasteiger partial charge on any atom is -0.438 e. The maximum atomic E-state index is 12.6. The number of ether oxygens (including phenoxy) is 1. The summed E-state index contributed by atoms with van der Waals surface area (Å²) >= 11 is 0. The summed E-state index contributed by atoms with van der Waals surface area (Å²) in [5, 5.41) is 21.7. The SMILES string of the molecule is Cc1cc(C)n(-c2ccc(Oc3ccc(NS(=O)(=O)c4ccccc4C#N)cc3)nn2)n1. The van der Waals surface area contributed by atoms with Crippen molar-refractivity contribution in [3.8, 4) is 23.5 Å². The summed E-state index contributed by atoms with van der Waals surface area (Å²) in [5.41, 5.74) is 2.23. The van der Waals surface area contributed by atoms with Gasteiger partial charge in [-0.1, -0.05) is 12.1 Å². The molecule has 0 aliphatic carbocycles. The first-order valence-corrected chi connectivity index (χ1v) is 11.0. The van der Waals surface area contributed by atoms with Gasteiger partial charge in [0.05, 0.1) is 11.3 Å². The van der Waals surface area contributed by atoms with Crippen molar-refractivity contribution in [2.24, 2.45) is 0 Å².